The van der Waals surface area contributed by atoms with E-state index in [0.717, 1.165) is 24.2 Å². The van der Waals surface area contributed by atoms with E-state index >= 15 is 0 Å². The van der Waals surface area contributed by atoms with E-state index in [9.17, 15) is 4.79 Å². The molecule has 4 heteroatoms. The molecular formula is C15H23NO3. The number of ether oxygens (including phenoxy) is 2. The molecule has 0 saturated carbocycles. The van der Waals surface area contributed by atoms with Gasteiger partial charge in [-0.05, 0) is 55.9 Å². The molecule has 1 aromatic rings. The number of methoxy groups -OCH3 is 2. The molecule has 0 saturated heterocycles. The molecule has 1 atom stereocenters. The molecule has 106 valence electrons. The fourth-order valence-electron chi connectivity index (χ4n) is 2.12. The van der Waals surface area contributed by atoms with E-state index in [4.69, 9.17) is 10.5 Å². The summed E-state index contributed by atoms with van der Waals surface area (Å²) in [5.41, 5.74) is 9.31. The van der Waals surface area contributed by atoms with Crippen LogP contribution in [0.1, 0.15) is 29.5 Å². The minimum absolute atomic E-state index is 0.345. The highest BCUT2D eigenvalue weighted by Gasteiger charge is 2.13. The summed E-state index contributed by atoms with van der Waals surface area (Å²) in [4.78, 5) is 11.2. The molecule has 0 radical (unpaired) electrons. The van der Waals surface area contributed by atoms with Crippen LogP contribution in [0.25, 0.3) is 0 Å². The molecule has 0 aliphatic rings. The van der Waals surface area contributed by atoms with Crippen LogP contribution in [-0.4, -0.2) is 26.2 Å². The molecule has 0 amide bonds. The third-order valence-electron chi connectivity index (χ3n) is 3.32. The number of hydrogen-bond donors (Lipinski definition) is 1. The van der Waals surface area contributed by atoms with Crippen LogP contribution in [0.2, 0.25) is 0 Å². The van der Waals surface area contributed by atoms with E-state index in [0.29, 0.717) is 6.42 Å². The van der Waals surface area contributed by atoms with Crippen molar-refractivity contribution in [3.63, 3.8) is 0 Å². The quantitative estimate of drug-likeness (QED) is 0.800. The Hall–Kier alpha value is -1.55. The minimum atomic E-state index is -0.523. The number of benzene rings is 1. The smallest absolute Gasteiger partial charge is 0.322 e. The highest BCUT2D eigenvalue weighted by atomic mass is 16.5. The summed E-state index contributed by atoms with van der Waals surface area (Å²) in [6, 6.07) is 3.66. The summed E-state index contributed by atoms with van der Waals surface area (Å²) in [5.74, 6) is 0.565. The monoisotopic (exact) mass is 265 g/mol. The van der Waals surface area contributed by atoms with Crippen molar-refractivity contribution in [3.05, 3.63) is 28.8 Å². The van der Waals surface area contributed by atoms with Crippen molar-refractivity contribution in [2.24, 2.45) is 5.73 Å². The van der Waals surface area contributed by atoms with E-state index in [1.165, 1.54) is 18.2 Å². The second kappa shape index (κ2) is 7.14. The van der Waals surface area contributed by atoms with Gasteiger partial charge in [0.2, 0.25) is 0 Å². The summed E-state index contributed by atoms with van der Waals surface area (Å²) in [6.45, 7) is 4.10. The van der Waals surface area contributed by atoms with Crippen LogP contribution in [0, 0.1) is 13.8 Å². The molecule has 0 fully saturated rings. The number of rotatable bonds is 6. The molecule has 0 bridgehead atoms. The van der Waals surface area contributed by atoms with E-state index in [2.05, 4.69) is 17.7 Å². The Morgan fingerprint density at radius 1 is 1.26 bits per heavy atom. The van der Waals surface area contributed by atoms with Crippen molar-refractivity contribution in [2.75, 3.05) is 14.2 Å². The first-order valence-corrected chi connectivity index (χ1v) is 6.47. The van der Waals surface area contributed by atoms with Crippen LogP contribution in [0.5, 0.6) is 5.75 Å². The first-order chi connectivity index (χ1) is 8.99. The predicted molar refractivity (Wildman–Crippen MR) is 75.4 cm³/mol. The maximum atomic E-state index is 11.2. The topological polar surface area (TPSA) is 61.5 Å². The Morgan fingerprint density at radius 2 is 1.95 bits per heavy atom. The van der Waals surface area contributed by atoms with Gasteiger partial charge in [-0.1, -0.05) is 6.07 Å². The summed E-state index contributed by atoms with van der Waals surface area (Å²) in [5, 5.41) is 0. The SMILES string of the molecule is COC(=O)C(N)CCCc1cc(C)c(OC)cc1C. The molecule has 0 aromatic heterocycles. The summed E-state index contributed by atoms with van der Waals surface area (Å²) >= 11 is 0. The second-order valence-corrected chi connectivity index (χ2v) is 4.77. The maximum absolute atomic E-state index is 11.2. The molecule has 1 aromatic carbocycles. The van der Waals surface area contributed by atoms with Gasteiger partial charge in [0, 0.05) is 0 Å². The van der Waals surface area contributed by atoms with Crippen LogP contribution in [-0.2, 0) is 16.0 Å². The first-order valence-electron chi connectivity index (χ1n) is 6.47. The summed E-state index contributed by atoms with van der Waals surface area (Å²) in [7, 11) is 3.04. The van der Waals surface area contributed by atoms with Crippen molar-refractivity contribution >= 4 is 5.97 Å². The molecule has 2 N–H and O–H groups in total. The number of carbonyl (C=O) groups is 1. The average Bonchev–Trinajstić information content (AvgIpc) is 2.40. The first kappa shape index (κ1) is 15.5. The number of esters is 1. The lowest BCUT2D eigenvalue weighted by molar-refractivity contribution is -0.142. The standard InChI is InChI=1S/C15H23NO3/c1-10-9-14(18-3)11(2)8-12(10)6-5-7-13(16)15(17)19-4/h8-9,13H,5-7,16H2,1-4H3. The highest BCUT2D eigenvalue weighted by Crippen LogP contribution is 2.23. The number of nitrogens with two attached hydrogens (primary N) is 1. The van der Waals surface area contributed by atoms with Crippen LogP contribution in [0.3, 0.4) is 0 Å². The van der Waals surface area contributed by atoms with Crippen LogP contribution >= 0.6 is 0 Å². The molecular weight excluding hydrogens is 242 g/mol. The normalized spacial score (nSPS) is 12.1. The van der Waals surface area contributed by atoms with Gasteiger partial charge in [0.05, 0.1) is 14.2 Å². The van der Waals surface area contributed by atoms with Gasteiger partial charge in [0.15, 0.2) is 0 Å². The largest absolute Gasteiger partial charge is 0.496 e. The van der Waals surface area contributed by atoms with Gasteiger partial charge in [0.1, 0.15) is 11.8 Å². The molecule has 4 nitrogen and oxygen atoms in total. The fraction of sp³-hybridized carbons (Fsp3) is 0.533. The number of hydrogen-bond acceptors (Lipinski definition) is 4. The molecule has 0 heterocycles. The second-order valence-electron chi connectivity index (χ2n) is 4.77. The van der Waals surface area contributed by atoms with Gasteiger partial charge in [-0.15, -0.1) is 0 Å². The Labute approximate surface area is 114 Å². The van der Waals surface area contributed by atoms with Crippen molar-refractivity contribution in [2.45, 2.75) is 39.2 Å². The summed E-state index contributed by atoms with van der Waals surface area (Å²) < 4.78 is 9.90. The lowest BCUT2D eigenvalue weighted by Crippen LogP contribution is -2.31. The number of carbonyl (C=O) groups excluding carboxylic acids is 1. The Kier molecular flexibility index (Phi) is 5.83. The maximum Gasteiger partial charge on any atom is 0.322 e. The highest BCUT2D eigenvalue weighted by molar-refractivity contribution is 5.75. The van der Waals surface area contributed by atoms with Crippen LogP contribution < -0.4 is 10.5 Å². The molecule has 0 spiro atoms. The Bertz CT molecular complexity index is 443. The number of aryl methyl sites for hydroxylation is 3. The van der Waals surface area contributed by atoms with Gasteiger partial charge in [-0.3, -0.25) is 4.79 Å². The van der Waals surface area contributed by atoms with Crippen molar-refractivity contribution in [1.29, 1.82) is 0 Å². The van der Waals surface area contributed by atoms with E-state index in [1.54, 1.807) is 7.11 Å². The van der Waals surface area contributed by atoms with Crippen LogP contribution in [0.15, 0.2) is 12.1 Å². The Morgan fingerprint density at radius 3 is 2.53 bits per heavy atom. The molecule has 19 heavy (non-hydrogen) atoms. The van der Waals surface area contributed by atoms with E-state index < -0.39 is 6.04 Å². The molecule has 1 rings (SSSR count). The van der Waals surface area contributed by atoms with Gasteiger partial charge < -0.3 is 15.2 Å². The zero-order chi connectivity index (χ0) is 14.4. The molecule has 0 aliphatic heterocycles. The fourth-order valence-corrected chi connectivity index (χ4v) is 2.12. The predicted octanol–water partition coefficient (Wildman–Crippen LogP) is 2.14. The van der Waals surface area contributed by atoms with Crippen molar-refractivity contribution in [3.8, 4) is 5.75 Å². The lowest BCUT2D eigenvalue weighted by atomic mass is 9.98. The lowest BCUT2D eigenvalue weighted by Gasteiger charge is -2.12. The van der Waals surface area contributed by atoms with Crippen molar-refractivity contribution in [1.82, 2.24) is 0 Å². The molecule has 0 aliphatic carbocycles. The zero-order valence-corrected chi connectivity index (χ0v) is 12.2. The average molecular weight is 265 g/mol. The zero-order valence-electron chi connectivity index (χ0n) is 12.2. The van der Waals surface area contributed by atoms with E-state index in [-0.39, 0.29) is 5.97 Å². The van der Waals surface area contributed by atoms with E-state index in [1.807, 2.05) is 13.0 Å². The third kappa shape index (κ3) is 4.24. The van der Waals surface area contributed by atoms with Gasteiger partial charge in [0.25, 0.3) is 0 Å². The Balaban J connectivity index is 2.59. The molecule has 1 unspecified atom stereocenters. The summed E-state index contributed by atoms with van der Waals surface area (Å²) in [6.07, 6.45) is 2.40. The van der Waals surface area contributed by atoms with Crippen LogP contribution in [0.4, 0.5) is 0 Å². The van der Waals surface area contributed by atoms with Gasteiger partial charge in [-0.2, -0.15) is 0 Å². The minimum Gasteiger partial charge on any atom is -0.496 e. The van der Waals surface area contributed by atoms with Gasteiger partial charge in [-0.25, -0.2) is 0 Å². The van der Waals surface area contributed by atoms with Gasteiger partial charge >= 0.3 is 5.97 Å². The third-order valence-corrected chi connectivity index (χ3v) is 3.32. The van der Waals surface area contributed by atoms with Crippen molar-refractivity contribution < 1.29 is 14.3 Å².